The predicted octanol–water partition coefficient (Wildman–Crippen LogP) is 1.94. The SMILES string of the molecule is CCC[CH2][Sn][c]1cc(C(=O)O)ccc1OC. The normalized spacial score (nSPS) is 10.1. The fraction of sp³-hybridized carbons (Fsp3) is 0.417. The minimum absolute atomic E-state index is 0.369. The first kappa shape index (κ1) is 13.4. The molecule has 3 nitrogen and oxygen atoms in total. The van der Waals surface area contributed by atoms with Crippen LogP contribution in [0.1, 0.15) is 30.1 Å². The molecule has 0 aliphatic carbocycles. The zero-order valence-corrected chi connectivity index (χ0v) is 12.5. The van der Waals surface area contributed by atoms with Crippen LogP contribution in [0.5, 0.6) is 5.75 Å². The molecule has 0 unspecified atom stereocenters. The van der Waals surface area contributed by atoms with Crippen LogP contribution in [0.4, 0.5) is 0 Å². The molecule has 0 aliphatic rings. The average molecular weight is 327 g/mol. The molecule has 4 heteroatoms. The number of aromatic carboxylic acids is 1. The van der Waals surface area contributed by atoms with E-state index in [1.54, 1.807) is 25.3 Å². The van der Waals surface area contributed by atoms with Crippen molar-refractivity contribution in [3.63, 3.8) is 0 Å². The van der Waals surface area contributed by atoms with Gasteiger partial charge in [-0.2, -0.15) is 0 Å². The second-order valence-electron chi connectivity index (χ2n) is 3.50. The van der Waals surface area contributed by atoms with Crippen LogP contribution in [0.3, 0.4) is 0 Å². The summed E-state index contributed by atoms with van der Waals surface area (Å²) in [7, 11) is 1.64. The summed E-state index contributed by atoms with van der Waals surface area (Å²) in [5.74, 6) is -0.00789. The fourth-order valence-corrected chi connectivity index (χ4v) is 5.42. The standard InChI is InChI=1S/C8H7O3.C4H9.Sn/c1-11-7-4-2-6(3-5-7)8(9)10;1-3-4-2;/h2-4H,1H3,(H,9,10);1,3-4H2,2H3;. The van der Waals surface area contributed by atoms with Gasteiger partial charge < -0.3 is 0 Å². The van der Waals surface area contributed by atoms with Gasteiger partial charge in [-0.15, -0.1) is 0 Å². The molecule has 16 heavy (non-hydrogen) atoms. The third kappa shape index (κ3) is 3.70. The third-order valence-electron chi connectivity index (χ3n) is 2.29. The van der Waals surface area contributed by atoms with Crippen LogP contribution in [0, 0.1) is 0 Å². The Balaban J connectivity index is 2.84. The molecule has 86 valence electrons. The number of unbranched alkanes of at least 4 members (excludes halogenated alkanes) is 1. The molecule has 0 fully saturated rings. The maximum absolute atomic E-state index is 10.9. The number of ether oxygens (including phenoxy) is 1. The number of rotatable bonds is 6. The summed E-state index contributed by atoms with van der Waals surface area (Å²) in [6, 6.07) is 5.15. The van der Waals surface area contributed by atoms with Crippen molar-refractivity contribution in [1.29, 1.82) is 0 Å². The predicted molar refractivity (Wildman–Crippen MR) is 65.1 cm³/mol. The van der Waals surface area contributed by atoms with Crippen molar-refractivity contribution < 1.29 is 14.6 Å². The van der Waals surface area contributed by atoms with E-state index in [9.17, 15) is 4.79 Å². The van der Waals surface area contributed by atoms with E-state index in [1.165, 1.54) is 17.3 Å². The molecule has 0 atom stereocenters. The van der Waals surface area contributed by atoms with E-state index in [1.807, 2.05) is 0 Å². The van der Waals surface area contributed by atoms with Crippen molar-refractivity contribution in [3.05, 3.63) is 23.8 Å². The minimum atomic E-state index is -0.862. The van der Waals surface area contributed by atoms with E-state index in [0.29, 0.717) is 5.56 Å². The second kappa shape index (κ2) is 6.78. The van der Waals surface area contributed by atoms with E-state index in [-0.39, 0.29) is 0 Å². The fourth-order valence-electron chi connectivity index (χ4n) is 1.38. The number of benzene rings is 1. The van der Waals surface area contributed by atoms with E-state index < -0.39 is 27.1 Å². The van der Waals surface area contributed by atoms with Crippen molar-refractivity contribution in [2.45, 2.75) is 24.2 Å². The summed E-state index contributed by atoms with van der Waals surface area (Å²) >= 11 is -0.690. The Bertz CT molecular complexity index is 363. The molecule has 0 aromatic heterocycles. The molecule has 0 bridgehead atoms. The Morgan fingerprint density at radius 3 is 2.81 bits per heavy atom. The first-order chi connectivity index (χ1) is 7.69. The van der Waals surface area contributed by atoms with Gasteiger partial charge in [0, 0.05) is 0 Å². The molecule has 0 amide bonds. The van der Waals surface area contributed by atoms with Crippen LogP contribution < -0.4 is 8.32 Å². The Morgan fingerprint density at radius 2 is 2.25 bits per heavy atom. The zero-order chi connectivity index (χ0) is 12.0. The van der Waals surface area contributed by atoms with Gasteiger partial charge in [-0.05, 0) is 0 Å². The van der Waals surface area contributed by atoms with E-state index in [2.05, 4.69) is 6.92 Å². The van der Waals surface area contributed by atoms with Gasteiger partial charge in [-0.25, -0.2) is 0 Å². The molecule has 0 saturated carbocycles. The second-order valence-corrected chi connectivity index (χ2v) is 7.47. The molecular formula is C12H16O3Sn. The van der Waals surface area contributed by atoms with Gasteiger partial charge in [0.05, 0.1) is 0 Å². The van der Waals surface area contributed by atoms with Gasteiger partial charge in [0.2, 0.25) is 0 Å². The molecule has 1 aromatic carbocycles. The van der Waals surface area contributed by atoms with Crippen LogP contribution in [0.2, 0.25) is 4.44 Å². The van der Waals surface area contributed by atoms with Crippen molar-refractivity contribution in [1.82, 2.24) is 0 Å². The van der Waals surface area contributed by atoms with Crippen molar-refractivity contribution in [2.24, 2.45) is 0 Å². The molecule has 2 radical (unpaired) electrons. The molecular weight excluding hydrogens is 311 g/mol. The number of hydrogen-bond acceptors (Lipinski definition) is 2. The van der Waals surface area contributed by atoms with Crippen molar-refractivity contribution in [2.75, 3.05) is 7.11 Å². The average Bonchev–Trinajstić information content (AvgIpc) is 2.29. The summed E-state index contributed by atoms with van der Waals surface area (Å²) in [6.07, 6.45) is 2.42. The monoisotopic (exact) mass is 328 g/mol. The van der Waals surface area contributed by atoms with Crippen LogP contribution in [0.25, 0.3) is 0 Å². The first-order valence-electron chi connectivity index (χ1n) is 5.34. The van der Waals surface area contributed by atoms with E-state index in [4.69, 9.17) is 9.84 Å². The number of carboxylic acids is 1. The van der Waals surface area contributed by atoms with Crippen LogP contribution >= 0.6 is 0 Å². The molecule has 0 saturated heterocycles. The molecule has 0 aliphatic heterocycles. The Hall–Kier alpha value is -0.711. The van der Waals surface area contributed by atoms with Gasteiger partial charge in [-0.3, -0.25) is 0 Å². The Kier molecular flexibility index (Phi) is 5.66. The van der Waals surface area contributed by atoms with Crippen molar-refractivity contribution >= 4 is 30.7 Å². The van der Waals surface area contributed by atoms with Gasteiger partial charge in [0.1, 0.15) is 0 Å². The molecule has 1 N–H and O–H groups in total. The number of hydrogen-bond donors (Lipinski definition) is 1. The van der Waals surface area contributed by atoms with Crippen molar-refractivity contribution in [3.8, 4) is 5.75 Å². The number of carboxylic acid groups (broad SMARTS) is 1. The summed E-state index contributed by atoms with van der Waals surface area (Å²) in [5.41, 5.74) is 0.369. The van der Waals surface area contributed by atoms with Gasteiger partial charge >= 0.3 is 106 Å². The number of carbonyl (C=O) groups is 1. The Labute approximate surface area is 106 Å². The van der Waals surface area contributed by atoms with Gasteiger partial charge in [-0.1, -0.05) is 0 Å². The first-order valence-corrected chi connectivity index (χ1v) is 8.78. The third-order valence-corrected chi connectivity index (χ3v) is 6.22. The molecule has 1 aromatic rings. The Morgan fingerprint density at radius 1 is 1.50 bits per heavy atom. The summed E-state index contributed by atoms with van der Waals surface area (Å²) in [4.78, 5) is 10.9. The van der Waals surface area contributed by atoms with Gasteiger partial charge in [0.15, 0.2) is 0 Å². The molecule has 0 spiro atoms. The maximum atomic E-state index is 10.9. The number of methoxy groups -OCH3 is 1. The van der Waals surface area contributed by atoms with Gasteiger partial charge in [0.25, 0.3) is 0 Å². The summed E-state index contributed by atoms with van der Waals surface area (Å²) in [5, 5.41) is 8.92. The topological polar surface area (TPSA) is 46.5 Å². The molecule has 0 heterocycles. The zero-order valence-electron chi connectivity index (χ0n) is 9.62. The quantitative estimate of drug-likeness (QED) is 0.642. The van der Waals surface area contributed by atoms with E-state index in [0.717, 1.165) is 9.33 Å². The summed E-state index contributed by atoms with van der Waals surface area (Å²) < 4.78 is 7.65. The van der Waals surface area contributed by atoms with Crippen LogP contribution in [-0.2, 0) is 0 Å². The van der Waals surface area contributed by atoms with Crippen LogP contribution in [0.15, 0.2) is 18.2 Å². The molecule has 1 rings (SSSR count). The summed E-state index contributed by atoms with van der Waals surface area (Å²) in [6.45, 7) is 2.17. The van der Waals surface area contributed by atoms with Crippen LogP contribution in [-0.4, -0.2) is 39.3 Å². The van der Waals surface area contributed by atoms with E-state index >= 15 is 0 Å².